The Morgan fingerprint density at radius 2 is 2.56 bits per heavy atom. The average molecular weight is 129 g/mol. The van der Waals surface area contributed by atoms with Gasteiger partial charge in [-0.3, -0.25) is 5.32 Å². The molecule has 0 saturated carbocycles. The smallest absolute Gasteiger partial charge is 0.108 e. The van der Waals surface area contributed by atoms with E-state index in [1.165, 1.54) is 12.8 Å². The second kappa shape index (κ2) is 3.85. The van der Waals surface area contributed by atoms with E-state index in [1.807, 2.05) is 0 Å². The highest BCUT2D eigenvalue weighted by molar-refractivity contribution is 4.64. The Kier molecular flexibility index (Phi) is 3.01. The molecule has 1 rings (SSSR count). The molecular formula is C7H15NO. The third kappa shape index (κ3) is 2.33. The zero-order valence-electron chi connectivity index (χ0n) is 6.02. The molecule has 0 aromatic rings. The van der Waals surface area contributed by atoms with Gasteiger partial charge in [0.05, 0.1) is 0 Å². The summed E-state index contributed by atoms with van der Waals surface area (Å²) in [6.45, 7) is 4.17. The summed E-state index contributed by atoms with van der Waals surface area (Å²) in [6, 6.07) is 0. The van der Waals surface area contributed by atoms with Crippen molar-refractivity contribution in [3.63, 3.8) is 0 Å². The number of nitrogens with one attached hydrogen (secondary N) is 1. The molecule has 1 atom stereocenters. The van der Waals surface area contributed by atoms with Crippen molar-refractivity contribution in [3.8, 4) is 0 Å². The second-order valence-electron chi connectivity index (χ2n) is 2.46. The van der Waals surface area contributed by atoms with Crippen LogP contribution in [0.2, 0.25) is 0 Å². The first-order valence-corrected chi connectivity index (χ1v) is 3.78. The molecule has 0 aromatic heterocycles. The lowest BCUT2D eigenvalue weighted by Gasteiger charge is -2.09. The van der Waals surface area contributed by atoms with Crippen molar-refractivity contribution >= 4 is 0 Å². The van der Waals surface area contributed by atoms with Crippen LogP contribution in [0.15, 0.2) is 0 Å². The van der Waals surface area contributed by atoms with Crippen molar-refractivity contribution in [2.75, 3.05) is 13.2 Å². The maximum Gasteiger partial charge on any atom is 0.108 e. The predicted octanol–water partition coefficient (Wildman–Crippen LogP) is 1.12. The fourth-order valence-electron chi connectivity index (χ4n) is 1.05. The standard InChI is InChI=1S/C7H15NO/c1-2-6-9-7-4-3-5-8-7/h7-8H,2-6H2,1H3. The molecule has 1 N–H and O–H groups in total. The van der Waals surface area contributed by atoms with E-state index in [-0.39, 0.29) is 0 Å². The van der Waals surface area contributed by atoms with Crippen LogP contribution < -0.4 is 5.32 Å². The maximum atomic E-state index is 5.44. The highest BCUT2D eigenvalue weighted by Gasteiger charge is 2.12. The summed E-state index contributed by atoms with van der Waals surface area (Å²) < 4.78 is 5.44. The van der Waals surface area contributed by atoms with Gasteiger partial charge in [0.1, 0.15) is 6.23 Å². The van der Waals surface area contributed by atoms with E-state index in [9.17, 15) is 0 Å². The molecule has 1 fully saturated rings. The molecule has 1 aliphatic heterocycles. The Morgan fingerprint density at radius 1 is 1.67 bits per heavy atom. The SMILES string of the molecule is CCCOC1CCCN1. The van der Waals surface area contributed by atoms with Crippen LogP contribution in [0.5, 0.6) is 0 Å². The third-order valence-electron chi connectivity index (χ3n) is 1.54. The number of ether oxygens (including phenoxy) is 1. The molecule has 9 heavy (non-hydrogen) atoms. The summed E-state index contributed by atoms with van der Waals surface area (Å²) in [5.74, 6) is 0. The van der Waals surface area contributed by atoms with Crippen LogP contribution in [0.1, 0.15) is 26.2 Å². The molecule has 0 spiro atoms. The average Bonchev–Trinajstić information content (AvgIpc) is 2.34. The first-order valence-electron chi connectivity index (χ1n) is 3.78. The minimum absolute atomic E-state index is 0.366. The molecule has 0 aromatic carbocycles. The van der Waals surface area contributed by atoms with Gasteiger partial charge in [-0.2, -0.15) is 0 Å². The second-order valence-corrected chi connectivity index (χ2v) is 2.46. The Hall–Kier alpha value is -0.0800. The fourth-order valence-corrected chi connectivity index (χ4v) is 1.05. The largest absolute Gasteiger partial charge is 0.363 e. The topological polar surface area (TPSA) is 21.3 Å². The molecule has 1 heterocycles. The Balaban J connectivity index is 1.98. The minimum Gasteiger partial charge on any atom is -0.363 e. The normalized spacial score (nSPS) is 27.0. The summed E-state index contributed by atoms with van der Waals surface area (Å²) in [6.07, 6.45) is 3.96. The molecule has 2 nitrogen and oxygen atoms in total. The van der Waals surface area contributed by atoms with Crippen LogP contribution in [0.4, 0.5) is 0 Å². The van der Waals surface area contributed by atoms with E-state index in [0.29, 0.717) is 6.23 Å². The number of hydrogen-bond donors (Lipinski definition) is 1. The van der Waals surface area contributed by atoms with E-state index >= 15 is 0 Å². The Labute approximate surface area is 56.6 Å². The van der Waals surface area contributed by atoms with Gasteiger partial charge in [0.25, 0.3) is 0 Å². The molecular weight excluding hydrogens is 114 g/mol. The first-order chi connectivity index (χ1) is 4.43. The van der Waals surface area contributed by atoms with E-state index < -0.39 is 0 Å². The molecule has 1 aliphatic rings. The summed E-state index contributed by atoms with van der Waals surface area (Å²) in [7, 11) is 0. The van der Waals surface area contributed by atoms with Crippen molar-refractivity contribution < 1.29 is 4.74 Å². The summed E-state index contributed by atoms with van der Waals surface area (Å²) >= 11 is 0. The fraction of sp³-hybridized carbons (Fsp3) is 1.00. The highest BCUT2D eigenvalue weighted by Crippen LogP contribution is 2.05. The summed E-state index contributed by atoms with van der Waals surface area (Å²) in [5, 5.41) is 3.27. The predicted molar refractivity (Wildman–Crippen MR) is 37.3 cm³/mol. The van der Waals surface area contributed by atoms with Crippen LogP contribution in [0.3, 0.4) is 0 Å². The zero-order chi connectivity index (χ0) is 6.53. The van der Waals surface area contributed by atoms with Crippen LogP contribution in [0, 0.1) is 0 Å². The number of rotatable bonds is 3. The van der Waals surface area contributed by atoms with Crippen molar-refractivity contribution in [3.05, 3.63) is 0 Å². The summed E-state index contributed by atoms with van der Waals surface area (Å²) in [4.78, 5) is 0. The van der Waals surface area contributed by atoms with E-state index in [4.69, 9.17) is 4.74 Å². The van der Waals surface area contributed by atoms with Crippen LogP contribution in [-0.4, -0.2) is 19.4 Å². The van der Waals surface area contributed by atoms with Crippen LogP contribution in [0.25, 0.3) is 0 Å². The van der Waals surface area contributed by atoms with Crippen molar-refractivity contribution in [1.82, 2.24) is 5.32 Å². The van der Waals surface area contributed by atoms with Crippen molar-refractivity contribution in [1.29, 1.82) is 0 Å². The lowest BCUT2D eigenvalue weighted by atomic mass is 10.4. The highest BCUT2D eigenvalue weighted by atomic mass is 16.5. The van der Waals surface area contributed by atoms with Gasteiger partial charge in [0.2, 0.25) is 0 Å². The molecule has 0 amide bonds. The van der Waals surface area contributed by atoms with Crippen LogP contribution in [-0.2, 0) is 4.74 Å². The monoisotopic (exact) mass is 129 g/mol. The zero-order valence-corrected chi connectivity index (χ0v) is 6.02. The van der Waals surface area contributed by atoms with Gasteiger partial charge < -0.3 is 4.74 Å². The van der Waals surface area contributed by atoms with Gasteiger partial charge in [-0.15, -0.1) is 0 Å². The number of hydrogen-bond acceptors (Lipinski definition) is 2. The van der Waals surface area contributed by atoms with Crippen molar-refractivity contribution in [2.45, 2.75) is 32.4 Å². The van der Waals surface area contributed by atoms with Gasteiger partial charge in [-0.05, 0) is 25.8 Å². The van der Waals surface area contributed by atoms with E-state index in [1.54, 1.807) is 0 Å². The third-order valence-corrected chi connectivity index (χ3v) is 1.54. The minimum atomic E-state index is 0.366. The summed E-state index contributed by atoms with van der Waals surface area (Å²) in [5.41, 5.74) is 0. The van der Waals surface area contributed by atoms with E-state index in [2.05, 4.69) is 12.2 Å². The molecule has 0 aliphatic carbocycles. The van der Waals surface area contributed by atoms with Gasteiger partial charge >= 0.3 is 0 Å². The first kappa shape index (κ1) is 7.03. The maximum absolute atomic E-state index is 5.44. The Bertz CT molecular complexity index is 69.3. The van der Waals surface area contributed by atoms with E-state index in [0.717, 1.165) is 19.6 Å². The lowest BCUT2D eigenvalue weighted by Crippen LogP contribution is -2.24. The van der Waals surface area contributed by atoms with Crippen molar-refractivity contribution in [2.24, 2.45) is 0 Å². The molecule has 1 unspecified atom stereocenters. The van der Waals surface area contributed by atoms with Gasteiger partial charge in [-0.1, -0.05) is 6.92 Å². The Morgan fingerprint density at radius 3 is 3.11 bits per heavy atom. The quantitative estimate of drug-likeness (QED) is 0.616. The van der Waals surface area contributed by atoms with Gasteiger partial charge in [-0.25, -0.2) is 0 Å². The molecule has 0 radical (unpaired) electrons. The molecule has 0 bridgehead atoms. The van der Waals surface area contributed by atoms with Gasteiger partial charge in [0.15, 0.2) is 0 Å². The molecule has 1 saturated heterocycles. The van der Waals surface area contributed by atoms with Crippen LogP contribution >= 0.6 is 0 Å². The molecule has 54 valence electrons. The lowest BCUT2D eigenvalue weighted by molar-refractivity contribution is 0.0440. The molecule has 2 heteroatoms. The van der Waals surface area contributed by atoms with Gasteiger partial charge in [0, 0.05) is 6.61 Å².